The van der Waals surface area contributed by atoms with Crippen LogP contribution in [0.3, 0.4) is 0 Å². The molecular formula is C24H46O6. The molecule has 0 aliphatic carbocycles. The van der Waals surface area contributed by atoms with Gasteiger partial charge >= 0.3 is 0 Å². The number of hydrogen-bond donors (Lipinski definition) is 4. The molecule has 0 unspecified atom stereocenters. The molecule has 2 saturated heterocycles. The predicted molar refractivity (Wildman–Crippen MR) is 117 cm³/mol. The molecule has 0 aromatic carbocycles. The summed E-state index contributed by atoms with van der Waals surface area (Å²) in [5.41, 5.74) is 0. The summed E-state index contributed by atoms with van der Waals surface area (Å²) >= 11 is 0. The Morgan fingerprint density at radius 3 is 1.93 bits per heavy atom. The molecule has 2 fully saturated rings. The summed E-state index contributed by atoms with van der Waals surface area (Å²) in [5.74, 6) is 0. The largest absolute Gasteiger partial charge is 0.394 e. The van der Waals surface area contributed by atoms with E-state index in [0.29, 0.717) is 25.7 Å². The van der Waals surface area contributed by atoms with E-state index in [1.54, 1.807) is 0 Å². The highest BCUT2D eigenvalue weighted by atomic mass is 16.5. The second kappa shape index (κ2) is 14.8. The van der Waals surface area contributed by atoms with Crippen LogP contribution in [0.4, 0.5) is 0 Å². The number of ether oxygens (including phenoxy) is 2. The van der Waals surface area contributed by atoms with Gasteiger partial charge in [0.15, 0.2) is 0 Å². The third kappa shape index (κ3) is 9.09. The molecule has 0 spiro atoms. The van der Waals surface area contributed by atoms with Crippen LogP contribution < -0.4 is 0 Å². The van der Waals surface area contributed by atoms with Gasteiger partial charge in [-0.1, -0.05) is 58.3 Å². The quantitative estimate of drug-likeness (QED) is 0.297. The maximum absolute atomic E-state index is 10.6. The average Bonchev–Trinajstić information content (AvgIpc) is 3.24. The van der Waals surface area contributed by atoms with Gasteiger partial charge in [-0.2, -0.15) is 0 Å². The van der Waals surface area contributed by atoms with E-state index in [1.807, 2.05) is 0 Å². The highest BCUT2D eigenvalue weighted by molar-refractivity contribution is 4.84. The number of unbranched alkanes of at least 4 members (excludes halogenated alkanes) is 7. The van der Waals surface area contributed by atoms with Gasteiger partial charge in [-0.3, -0.25) is 0 Å². The zero-order valence-corrected chi connectivity index (χ0v) is 19.0. The monoisotopic (exact) mass is 430 g/mol. The smallest absolute Gasteiger partial charge is 0.0840 e. The normalized spacial score (nSPS) is 31.7. The minimum atomic E-state index is -0.636. The molecule has 2 rings (SSSR count). The van der Waals surface area contributed by atoms with Crippen LogP contribution in [-0.2, 0) is 9.47 Å². The lowest BCUT2D eigenvalue weighted by Crippen LogP contribution is -2.44. The van der Waals surface area contributed by atoms with Crippen molar-refractivity contribution in [3.63, 3.8) is 0 Å². The minimum Gasteiger partial charge on any atom is -0.394 e. The Labute approximate surface area is 183 Å². The van der Waals surface area contributed by atoms with Crippen molar-refractivity contribution in [3.05, 3.63) is 0 Å². The molecule has 0 bridgehead atoms. The van der Waals surface area contributed by atoms with Crippen molar-refractivity contribution in [3.8, 4) is 0 Å². The second-order valence-electron chi connectivity index (χ2n) is 9.39. The van der Waals surface area contributed by atoms with Gasteiger partial charge in [-0.05, 0) is 44.9 Å². The van der Waals surface area contributed by atoms with Crippen molar-refractivity contribution < 1.29 is 29.9 Å². The van der Waals surface area contributed by atoms with Crippen LogP contribution in [0.1, 0.15) is 103 Å². The van der Waals surface area contributed by atoms with Crippen LogP contribution in [0.5, 0.6) is 0 Å². The Balaban J connectivity index is 1.61. The number of hydrogen-bond acceptors (Lipinski definition) is 6. The van der Waals surface area contributed by atoms with E-state index in [-0.39, 0.29) is 31.0 Å². The number of aliphatic hydroxyl groups excluding tert-OH is 4. The van der Waals surface area contributed by atoms with E-state index in [2.05, 4.69) is 6.92 Å². The summed E-state index contributed by atoms with van der Waals surface area (Å²) in [6, 6.07) is 0. The minimum absolute atomic E-state index is 0.00959. The lowest BCUT2D eigenvalue weighted by atomic mass is 9.92. The summed E-state index contributed by atoms with van der Waals surface area (Å²) in [5, 5.41) is 40.4. The van der Waals surface area contributed by atoms with Gasteiger partial charge in [0, 0.05) is 0 Å². The molecule has 2 aliphatic rings. The summed E-state index contributed by atoms with van der Waals surface area (Å²) < 4.78 is 11.7. The summed E-state index contributed by atoms with van der Waals surface area (Å²) in [7, 11) is 0. The summed E-state index contributed by atoms with van der Waals surface area (Å²) in [4.78, 5) is 0. The molecule has 6 heteroatoms. The lowest BCUT2D eigenvalue weighted by molar-refractivity contribution is -0.156. The van der Waals surface area contributed by atoms with Crippen LogP contribution in [0.2, 0.25) is 0 Å². The first kappa shape index (κ1) is 26.0. The van der Waals surface area contributed by atoms with Crippen LogP contribution in [0, 0.1) is 0 Å². The zero-order valence-electron chi connectivity index (χ0n) is 19.0. The molecule has 6 nitrogen and oxygen atoms in total. The van der Waals surface area contributed by atoms with E-state index in [0.717, 1.165) is 25.7 Å². The Hall–Kier alpha value is -0.240. The molecule has 2 aliphatic heterocycles. The topological polar surface area (TPSA) is 99.4 Å². The fraction of sp³-hybridized carbons (Fsp3) is 1.00. The maximum atomic E-state index is 10.6. The predicted octanol–water partition coefficient (Wildman–Crippen LogP) is 3.47. The lowest BCUT2D eigenvalue weighted by Gasteiger charge is -2.36. The molecule has 30 heavy (non-hydrogen) atoms. The van der Waals surface area contributed by atoms with E-state index in [9.17, 15) is 15.3 Å². The van der Waals surface area contributed by atoms with Crippen LogP contribution in [0.15, 0.2) is 0 Å². The molecular weight excluding hydrogens is 384 g/mol. The van der Waals surface area contributed by atoms with Crippen molar-refractivity contribution in [1.82, 2.24) is 0 Å². The molecule has 7 atom stereocenters. The molecule has 2 heterocycles. The van der Waals surface area contributed by atoms with E-state index in [4.69, 9.17) is 14.6 Å². The SMILES string of the molecule is CCCCCCCCCC[C@@H]1O[C@H]([C@@H](O)CC[C@H](O)[C@@H]2CC[C@@H](CO)O2)CC[C@H]1O. The fourth-order valence-corrected chi connectivity index (χ4v) is 4.79. The Kier molecular flexibility index (Phi) is 12.8. The van der Waals surface area contributed by atoms with Gasteiger partial charge in [0.2, 0.25) is 0 Å². The fourth-order valence-electron chi connectivity index (χ4n) is 4.79. The van der Waals surface area contributed by atoms with Gasteiger partial charge in [0.1, 0.15) is 0 Å². The van der Waals surface area contributed by atoms with Crippen molar-refractivity contribution >= 4 is 0 Å². The average molecular weight is 431 g/mol. The molecule has 0 aromatic heterocycles. The first-order valence-corrected chi connectivity index (χ1v) is 12.5. The highest BCUT2D eigenvalue weighted by Gasteiger charge is 2.35. The molecule has 4 N–H and O–H groups in total. The van der Waals surface area contributed by atoms with Gasteiger partial charge in [-0.25, -0.2) is 0 Å². The summed E-state index contributed by atoms with van der Waals surface area (Å²) in [6.45, 7) is 2.23. The van der Waals surface area contributed by atoms with Crippen LogP contribution in [0.25, 0.3) is 0 Å². The van der Waals surface area contributed by atoms with Crippen LogP contribution in [-0.4, -0.2) is 69.8 Å². The molecule has 0 amide bonds. The standard InChI is InChI=1S/C24H46O6/c1-2-3-4-5-6-7-8-9-10-22-21(28)14-16-24(30-22)20(27)13-12-19(26)23-15-11-18(17-25)29-23/h18-28H,2-17H2,1H3/t18-,19-,20-,21+,22-,23-,24-/m0/s1. The third-order valence-electron chi connectivity index (χ3n) is 6.83. The first-order chi connectivity index (χ1) is 14.5. The molecule has 0 saturated carbocycles. The van der Waals surface area contributed by atoms with Crippen molar-refractivity contribution in [2.24, 2.45) is 0 Å². The van der Waals surface area contributed by atoms with Gasteiger partial charge in [0.05, 0.1) is 49.3 Å². The van der Waals surface area contributed by atoms with Crippen molar-refractivity contribution in [1.29, 1.82) is 0 Å². The number of aliphatic hydroxyl groups is 4. The van der Waals surface area contributed by atoms with Crippen LogP contribution >= 0.6 is 0 Å². The third-order valence-corrected chi connectivity index (χ3v) is 6.83. The van der Waals surface area contributed by atoms with Crippen molar-refractivity contribution in [2.75, 3.05) is 6.61 Å². The highest BCUT2D eigenvalue weighted by Crippen LogP contribution is 2.29. The Morgan fingerprint density at radius 1 is 0.767 bits per heavy atom. The first-order valence-electron chi connectivity index (χ1n) is 12.5. The van der Waals surface area contributed by atoms with Crippen molar-refractivity contribution in [2.45, 2.75) is 146 Å². The van der Waals surface area contributed by atoms with E-state index in [1.165, 1.54) is 44.9 Å². The maximum Gasteiger partial charge on any atom is 0.0840 e. The second-order valence-corrected chi connectivity index (χ2v) is 9.39. The summed E-state index contributed by atoms with van der Waals surface area (Å²) in [6.07, 6.45) is 12.0. The Morgan fingerprint density at radius 2 is 1.33 bits per heavy atom. The van der Waals surface area contributed by atoms with Gasteiger partial charge in [-0.15, -0.1) is 0 Å². The van der Waals surface area contributed by atoms with Gasteiger partial charge < -0.3 is 29.9 Å². The van der Waals surface area contributed by atoms with E-state index >= 15 is 0 Å². The van der Waals surface area contributed by atoms with E-state index < -0.39 is 18.3 Å². The molecule has 0 radical (unpaired) electrons. The molecule has 0 aromatic rings. The Bertz CT molecular complexity index is 434. The van der Waals surface area contributed by atoms with Gasteiger partial charge in [0.25, 0.3) is 0 Å². The molecule has 178 valence electrons. The zero-order chi connectivity index (χ0) is 21.8. The number of rotatable bonds is 15.